The fourth-order valence-corrected chi connectivity index (χ4v) is 2.58. The molecule has 17 heavy (non-hydrogen) atoms. The maximum absolute atomic E-state index is 13.8. The molecule has 0 atom stereocenters. The molecule has 2 nitrogen and oxygen atoms in total. The third kappa shape index (κ3) is 3.18. The molecular weight excluding hydrogens is 283 g/mol. The number of aromatic nitrogens is 1. The number of halogens is 2. The Hall–Kier alpha value is -0.640. The number of nitrogens with zero attached hydrogens (tertiary/aromatic N) is 2. The Morgan fingerprint density at radius 1 is 1.35 bits per heavy atom. The van der Waals surface area contributed by atoms with E-state index in [1.54, 1.807) is 6.20 Å². The first kappa shape index (κ1) is 12.8. The molecule has 0 saturated carbocycles. The minimum absolute atomic E-state index is 0.237. The molecule has 2 rings (SSSR count). The predicted octanol–water partition coefficient (Wildman–Crippen LogP) is 4.00. The van der Waals surface area contributed by atoms with Crippen LogP contribution in [0.2, 0.25) is 0 Å². The van der Waals surface area contributed by atoms with Gasteiger partial charge in [-0.15, -0.1) is 0 Å². The van der Waals surface area contributed by atoms with Crippen LogP contribution in [0.1, 0.15) is 33.1 Å². The van der Waals surface area contributed by atoms with Gasteiger partial charge in [-0.1, -0.05) is 13.8 Å². The second kappa shape index (κ2) is 4.92. The van der Waals surface area contributed by atoms with Gasteiger partial charge in [0, 0.05) is 23.8 Å². The molecule has 0 unspecified atom stereocenters. The lowest BCUT2D eigenvalue weighted by Gasteiger charge is -2.24. The summed E-state index contributed by atoms with van der Waals surface area (Å²) >= 11 is 3.23. The van der Waals surface area contributed by atoms with Crippen molar-refractivity contribution in [1.29, 1.82) is 0 Å². The van der Waals surface area contributed by atoms with Gasteiger partial charge in [0.1, 0.15) is 0 Å². The van der Waals surface area contributed by atoms with Gasteiger partial charge in [-0.2, -0.15) is 0 Å². The number of hydrogen-bond acceptors (Lipinski definition) is 2. The molecule has 0 N–H and O–H groups in total. The number of anilines is 1. The van der Waals surface area contributed by atoms with E-state index in [1.807, 2.05) is 0 Å². The van der Waals surface area contributed by atoms with Crippen molar-refractivity contribution in [2.75, 3.05) is 18.0 Å². The fraction of sp³-hybridized carbons (Fsp3) is 0.615. The van der Waals surface area contributed by atoms with Crippen molar-refractivity contribution in [3.8, 4) is 0 Å². The quantitative estimate of drug-likeness (QED) is 0.779. The van der Waals surface area contributed by atoms with Gasteiger partial charge in [0.15, 0.2) is 11.6 Å². The first-order valence-electron chi connectivity index (χ1n) is 6.04. The van der Waals surface area contributed by atoms with Crippen LogP contribution in [-0.4, -0.2) is 18.1 Å². The van der Waals surface area contributed by atoms with E-state index >= 15 is 0 Å². The normalized spacial score (nSPS) is 20.1. The summed E-state index contributed by atoms with van der Waals surface area (Å²) in [6.07, 6.45) is 5.05. The Bertz CT molecular complexity index is 406. The molecular formula is C13H18BrFN2. The lowest BCUT2D eigenvalue weighted by Crippen LogP contribution is -2.26. The van der Waals surface area contributed by atoms with Crippen LogP contribution in [0, 0.1) is 11.2 Å². The van der Waals surface area contributed by atoms with Gasteiger partial charge >= 0.3 is 0 Å². The molecule has 0 amide bonds. The van der Waals surface area contributed by atoms with E-state index in [-0.39, 0.29) is 5.82 Å². The standard InChI is InChI=1S/C13H18BrFN2/c1-13(2)4-3-6-17(7-5-13)12-11(15)8-10(14)9-16-12/h8-9H,3-7H2,1-2H3. The molecule has 1 fully saturated rings. The summed E-state index contributed by atoms with van der Waals surface area (Å²) in [5.41, 5.74) is 0.362. The second-order valence-corrected chi connectivity index (χ2v) is 6.38. The van der Waals surface area contributed by atoms with Gasteiger partial charge in [-0.3, -0.25) is 0 Å². The summed E-state index contributed by atoms with van der Waals surface area (Å²) in [7, 11) is 0. The van der Waals surface area contributed by atoms with Crippen LogP contribution in [0.3, 0.4) is 0 Å². The van der Waals surface area contributed by atoms with Gasteiger partial charge in [0.2, 0.25) is 0 Å². The van der Waals surface area contributed by atoms with Gasteiger partial charge < -0.3 is 4.90 Å². The summed E-state index contributed by atoms with van der Waals surface area (Å²) in [5.74, 6) is 0.255. The summed E-state index contributed by atoms with van der Waals surface area (Å²) in [4.78, 5) is 6.26. The van der Waals surface area contributed by atoms with Gasteiger partial charge in [-0.05, 0) is 46.7 Å². The average molecular weight is 301 g/mol. The molecule has 1 aliphatic heterocycles. The van der Waals surface area contributed by atoms with E-state index in [0.717, 1.165) is 25.9 Å². The van der Waals surface area contributed by atoms with Crippen LogP contribution < -0.4 is 4.90 Å². The van der Waals surface area contributed by atoms with Crippen molar-refractivity contribution < 1.29 is 4.39 Å². The van der Waals surface area contributed by atoms with E-state index in [4.69, 9.17) is 0 Å². The third-order valence-corrected chi connectivity index (χ3v) is 3.86. The Balaban J connectivity index is 2.17. The summed E-state index contributed by atoms with van der Waals surface area (Å²) in [6, 6.07) is 1.48. The lowest BCUT2D eigenvalue weighted by atomic mass is 9.85. The zero-order valence-electron chi connectivity index (χ0n) is 10.3. The zero-order valence-corrected chi connectivity index (χ0v) is 11.9. The van der Waals surface area contributed by atoms with Crippen LogP contribution in [-0.2, 0) is 0 Å². The van der Waals surface area contributed by atoms with E-state index in [1.165, 1.54) is 12.5 Å². The van der Waals surface area contributed by atoms with Gasteiger partial charge in [-0.25, -0.2) is 9.37 Å². The molecule has 0 aliphatic carbocycles. The van der Waals surface area contributed by atoms with Crippen molar-refractivity contribution >= 4 is 21.7 Å². The first-order valence-corrected chi connectivity index (χ1v) is 6.83. The van der Waals surface area contributed by atoms with Crippen LogP contribution >= 0.6 is 15.9 Å². The smallest absolute Gasteiger partial charge is 0.166 e. The van der Waals surface area contributed by atoms with Crippen molar-refractivity contribution in [3.05, 3.63) is 22.6 Å². The van der Waals surface area contributed by atoms with Crippen molar-refractivity contribution in [1.82, 2.24) is 4.98 Å². The summed E-state index contributed by atoms with van der Waals surface area (Å²) in [6.45, 7) is 6.34. The van der Waals surface area contributed by atoms with Crippen molar-refractivity contribution in [2.45, 2.75) is 33.1 Å². The maximum Gasteiger partial charge on any atom is 0.166 e. The summed E-state index contributed by atoms with van der Waals surface area (Å²) in [5, 5.41) is 0. The highest BCUT2D eigenvalue weighted by Gasteiger charge is 2.24. The Kier molecular flexibility index (Phi) is 3.71. The summed E-state index contributed by atoms with van der Waals surface area (Å²) < 4.78 is 14.5. The second-order valence-electron chi connectivity index (χ2n) is 5.46. The van der Waals surface area contributed by atoms with Gasteiger partial charge in [0.25, 0.3) is 0 Å². The van der Waals surface area contributed by atoms with Crippen LogP contribution in [0.25, 0.3) is 0 Å². The van der Waals surface area contributed by atoms with Crippen LogP contribution in [0.4, 0.5) is 10.2 Å². The predicted molar refractivity (Wildman–Crippen MR) is 71.7 cm³/mol. The van der Waals surface area contributed by atoms with Crippen LogP contribution in [0.15, 0.2) is 16.7 Å². The lowest BCUT2D eigenvalue weighted by molar-refractivity contribution is 0.325. The van der Waals surface area contributed by atoms with Crippen molar-refractivity contribution in [3.63, 3.8) is 0 Å². The highest BCUT2D eigenvalue weighted by molar-refractivity contribution is 9.10. The Morgan fingerprint density at radius 3 is 2.82 bits per heavy atom. The zero-order chi connectivity index (χ0) is 12.5. The highest BCUT2D eigenvalue weighted by Crippen LogP contribution is 2.32. The molecule has 0 radical (unpaired) electrons. The molecule has 2 heterocycles. The largest absolute Gasteiger partial charge is 0.354 e. The third-order valence-electron chi connectivity index (χ3n) is 3.43. The first-order chi connectivity index (χ1) is 7.98. The molecule has 0 bridgehead atoms. The number of hydrogen-bond donors (Lipinski definition) is 0. The minimum atomic E-state index is -0.237. The number of pyridine rings is 1. The van der Waals surface area contributed by atoms with E-state index < -0.39 is 0 Å². The van der Waals surface area contributed by atoms with Gasteiger partial charge in [0.05, 0.1) is 0 Å². The fourth-order valence-electron chi connectivity index (χ4n) is 2.27. The molecule has 1 aromatic rings. The molecule has 0 aromatic carbocycles. The monoisotopic (exact) mass is 300 g/mol. The number of rotatable bonds is 1. The topological polar surface area (TPSA) is 16.1 Å². The highest BCUT2D eigenvalue weighted by atomic mass is 79.9. The molecule has 4 heteroatoms. The average Bonchev–Trinajstić information content (AvgIpc) is 2.40. The Labute approximate surface area is 110 Å². The molecule has 94 valence electrons. The van der Waals surface area contributed by atoms with E-state index in [9.17, 15) is 4.39 Å². The maximum atomic E-state index is 13.8. The molecule has 0 spiro atoms. The van der Waals surface area contributed by atoms with E-state index in [0.29, 0.717) is 15.7 Å². The molecule has 1 aliphatic rings. The Morgan fingerprint density at radius 2 is 2.12 bits per heavy atom. The van der Waals surface area contributed by atoms with E-state index in [2.05, 4.69) is 39.7 Å². The molecule has 1 saturated heterocycles. The van der Waals surface area contributed by atoms with Crippen LogP contribution in [0.5, 0.6) is 0 Å². The minimum Gasteiger partial charge on any atom is -0.354 e. The SMILES string of the molecule is CC1(C)CCCN(c2ncc(Br)cc2F)CC1. The molecule has 1 aromatic heterocycles. The van der Waals surface area contributed by atoms with Crippen molar-refractivity contribution in [2.24, 2.45) is 5.41 Å².